The molecule has 4 heteroatoms. The van der Waals surface area contributed by atoms with Crippen LogP contribution in [0.4, 0.5) is 0 Å². The Kier molecular flexibility index (Phi) is 4.40. The van der Waals surface area contributed by atoms with Crippen molar-refractivity contribution < 1.29 is 4.79 Å². The van der Waals surface area contributed by atoms with Crippen LogP contribution in [-0.4, -0.2) is 33.7 Å². The summed E-state index contributed by atoms with van der Waals surface area (Å²) in [5, 5.41) is 4.40. The van der Waals surface area contributed by atoms with E-state index in [1.807, 2.05) is 10.9 Å². The van der Waals surface area contributed by atoms with Crippen LogP contribution in [0.3, 0.4) is 0 Å². The minimum absolute atomic E-state index is 0.315. The average molecular weight is 329 g/mol. The highest BCUT2D eigenvalue weighted by molar-refractivity contribution is 5.79. The summed E-state index contributed by atoms with van der Waals surface area (Å²) < 4.78 is 2.01. The van der Waals surface area contributed by atoms with Gasteiger partial charge in [-0.1, -0.05) is 6.42 Å². The van der Waals surface area contributed by atoms with Gasteiger partial charge in [0.2, 0.25) is 5.91 Å². The summed E-state index contributed by atoms with van der Waals surface area (Å²) in [6.07, 6.45) is 15.5. The summed E-state index contributed by atoms with van der Waals surface area (Å²) in [7, 11) is 0. The fourth-order valence-corrected chi connectivity index (χ4v) is 5.11. The molecule has 4 nitrogen and oxygen atoms in total. The van der Waals surface area contributed by atoms with E-state index in [9.17, 15) is 4.79 Å². The largest absolute Gasteiger partial charge is 0.342 e. The lowest BCUT2D eigenvalue weighted by Crippen LogP contribution is -2.44. The van der Waals surface area contributed by atoms with Crippen LogP contribution in [0.2, 0.25) is 0 Å². The van der Waals surface area contributed by atoms with E-state index in [1.165, 1.54) is 37.7 Å². The van der Waals surface area contributed by atoms with Gasteiger partial charge in [-0.3, -0.25) is 9.48 Å². The fraction of sp³-hybridized carbons (Fsp3) is 0.800. The maximum Gasteiger partial charge on any atom is 0.225 e. The first-order valence-corrected chi connectivity index (χ1v) is 10.0. The van der Waals surface area contributed by atoms with Crippen molar-refractivity contribution in [1.82, 2.24) is 14.7 Å². The van der Waals surface area contributed by atoms with Crippen LogP contribution in [0, 0.1) is 11.3 Å². The fourth-order valence-electron chi connectivity index (χ4n) is 5.11. The number of nitrogens with zero attached hydrogens (tertiary/aromatic N) is 3. The van der Waals surface area contributed by atoms with Crippen molar-refractivity contribution in [3.05, 3.63) is 18.0 Å². The Balaban J connectivity index is 1.28. The third-order valence-electron chi connectivity index (χ3n) is 7.06. The Bertz CT molecular complexity index is 571. The van der Waals surface area contributed by atoms with Gasteiger partial charge in [0.05, 0.1) is 6.20 Å². The number of aromatic nitrogens is 2. The standard InChI is InChI=1S/C20H31N3O/c1-2-23-15-18(14-21-23)16-6-12-22(13-7-16)19(24)17-4-10-20(11-5-17)8-3-9-20/h14-17H,2-13H2,1H3. The Morgan fingerprint density at radius 1 is 1.17 bits per heavy atom. The molecule has 1 aromatic heterocycles. The highest BCUT2D eigenvalue weighted by atomic mass is 16.2. The van der Waals surface area contributed by atoms with Gasteiger partial charge < -0.3 is 4.90 Å². The van der Waals surface area contributed by atoms with Crippen molar-refractivity contribution >= 4 is 5.91 Å². The topological polar surface area (TPSA) is 38.1 Å². The molecule has 0 bridgehead atoms. The Morgan fingerprint density at radius 3 is 2.42 bits per heavy atom. The molecule has 132 valence electrons. The van der Waals surface area contributed by atoms with Gasteiger partial charge in [-0.15, -0.1) is 0 Å². The second kappa shape index (κ2) is 6.53. The minimum atomic E-state index is 0.315. The van der Waals surface area contributed by atoms with E-state index >= 15 is 0 Å². The van der Waals surface area contributed by atoms with Crippen LogP contribution in [0.1, 0.15) is 76.2 Å². The Hall–Kier alpha value is -1.32. The maximum atomic E-state index is 12.9. The molecule has 3 aliphatic rings. The predicted molar refractivity (Wildman–Crippen MR) is 94.7 cm³/mol. The summed E-state index contributed by atoms with van der Waals surface area (Å²) in [5.74, 6) is 1.35. The number of amides is 1. The first-order chi connectivity index (χ1) is 11.7. The number of rotatable bonds is 3. The quantitative estimate of drug-likeness (QED) is 0.841. The van der Waals surface area contributed by atoms with Crippen molar-refractivity contribution in [3.8, 4) is 0 Å². The summed E-state index contributed by atoms with van der Waals surface area (Å²) in [6, 6.07) is 0. The van der Waals surface area contributed by atoms with E-state index in [4.69, 9.17) is 0 Å². The van der Waals surface area contributed by atoms with Crippen LogP contribution in [0.15, 0.2) is 12.4 Å². The van der Waals surface area contributed by atoms with Gasteiger partial charge in [0.1, 0.15) is 0 Å². The molecule has 0 N–H and O–H groups in total. The normalized spacial score (nSPS) is 25.0. The molecule has 0 aromatic carbocycles. The average Bonchev–Trinajstić information content (AvgIpc) is 3.09. The third kappa shape index (κ3) is 3.00. The lowest BCUT2D eigenvalue weighted by Gasteiger charge is -2.47. The number of carbonyl (C=O) groups excluding carboxylic acids is 1. The van der Waals surface area contributed by atoms with Gasteiger partial charge in [0.15, 0.2) is 0 Å². The number of hydrogen-bond acceptors (Lipinski definition) is 2. The smallest absolute Gasteiger partial charge is 0.225 e. The highest BCUT2D eigenvalue weighted by Crippen LogP contribution is 2.52. The summed E-state index contributed by atoms with van der Waals surface area (Å²) in [6.45, 7) is 4.92. The molecule has 0 radical (unpaired) electrons. The van der Waals surface area contributed by atoms with Crippen LogP contribution < -0.4 is 0 Å². The third-order valence-corrected chi connectivity index (χ3v) is 7.06. The van der Waals surface area contributed by atoms with E-state index in [1.54, 1.807) is 0 Å². The highest BCUT2D eigenvalue weighted by Gasteiger charge is 2.42. The zero-order valence-electron chi connectivity index (χ0n) is 15.0. The molecule has 2 aliphatic carbocycles. The Morgan fingerprint density at radius 2 is 1.88 bits per heavy atom. The van der Waals surface area contributed by atoms with Crippen LogP contribution in [-0.2, 0) is 11.3 Å². The monoisotopic (exact) mass is 329 g/mol. The molecule has 0 unspecified atom stereocenters. The van der Waals surface area contributed by atoms with Gasteiger partial charge in [-0.05, 0) is 75.2 Å². The van der Waals surface area contributed by atoms with E-state index < -0.39 is 0 Å². The van der Waals surface area contributed by atoms with E-state index in [-0.39, 0.29) is 0 Å². The molecule has 1 spiro atoms. The van der Waals surface area contributed by atoms with E-state index in [0.29, 0.717) is 23.2 Å². The molecule has 2 heterocycles. The van der Waals surface area contributed by atoms with Crippen LogP contribution in [0.5, 0.6) is 0 Å². The van der Waals surface area contributed by atoms with Crippen LogP contribution in [0.25, 0.3) is 0 Å². The Labute approximate surface area is 145 Å². The number of aryl methyl sites for hydroxylation is 1. The minimum Gasteiger partial charge on any atom is -0.342 e. The maximum absolute atomic E-state index is 12.9. The van der Waals surface area contributed by atoms with Crippen molar-refractivity contribution in [2.75, 3.05) is 13.1 Å². The molecule has 2 saturated carbocycles. The van der Waals surface area contributed by atoms with Crippen molar-refractivity contribution in [1.29, 1.82) is 0 Å². The molecule has 3 fully saturated rings. The lowest BCUT2D eigenvalue weighted by atomic mass is 9.59. The molecular formula is C20H31N3O. The number of carbonyl (C=O) groups is 1. The first kappa shape index (κ1) is 16.2. The first-order valence-electron chi connectivity index (χ1n) is 10.0. The molecule has 1 aliphatic heterocycles. The number of piperidine rings is 1. The molecule has 1 amide bonds. The zero-order valence-corrected chi connectivity index (χ0v) is 15.0. The van der Waals surface area contributed by atoms with E-state index in [2.05, 4.69) is 23.1 Å². The van der Waals surface area contributed by atoms with Crippen LogP contribution >= 0.6 is 0 Å². The van der Waals surface area contributed by atoms with Gasteiger partial charge >= 0.3 is 0 Å². The molecule has 24 heavy (non-hydrogen) atoms. The molecular weight excluding hydrogens is 298 g/mol. The SMILES string of the molecule is CCn1cc(C2CCN(C(=O)C3CCC4(CCC4)CC3)CC2)cn1. The second-order valence-corrected chi connectivity index (χ2v) is 8.36. The number of likely N-dealkylation sites (tertiary alicyclic amines) is 1. The summed E-state index contributed by atoms with van der Waals surface area (Å²) in [5.41, 5.74) is 2.01. The van der Waals surface area contributed by atoms with Crippen molar-refractivity contribution in [2.45, 2.75) is 77.2 Å². The number of hydrogen-bond donors (Lipinski definition) is 0. The van der Waals surface area contributed by atoms with Gasteiger partial charge in [-0.2, -0.15) is 5.10 Å². The van der Waals surface area contributed by atoms with Crippen molar-refractivity contribution in [2.24, 2.45) is 11.3 Å². The summed E-state index contributed by atoms with van der Waals surface area (Å²) >= 11 is 0. The van der Waals surface area contributed by atoms with Gasteiger partial charge in [0, 0.05) is 31.7 Å². The lowest BCUT2D eigenvalue weighted by molar-refractivity contribution is -0.139. The molecule has 1 saturated heterocycles. The van der Waals surface area contributed by atoms with Crippen molar-refractivity contribution in [3.63, 3.8) is 0 Å². The molecule has 1 aromatic rings. The van der Waals surface area contributed by atoms with Gasteiger partial charge in [0.25, 0.3) is 0 Å². The summed E-state index contributed by atoms with van der Waals surface area (Å²) in [4.78, 5) is 15.0. The molecule has 4 rings (SSSR count). The molecule has 0 atom stereocenters. The van der Waals surface area contributed by atoms with Gasteiger partial charge in [-0.25, -0.2) is 0 Å². The van der Waals surface area contributed by atoms with E-state index in [0.717, 1.165) is 45.3 Å². The predicted octanol–water partition coefficient (Wildman–Crippen LogP) is 3.97. The second-order valence-electron chi connectivity index (χ2n) is 8.36. The zero-order chi connectivity index (χ0) is 16.6.